The quantitative estimate of drug-likeness (QED) is 0.885. The van der Waals surface area contributed by atoms with E-state index < -0.39 is 0 Å². The Hall–Kier alpha value is -0.690. The van der Waals surface area contributed by atoms with Crippen molar-refractivity contribution in [2.24, 2.45) is 0 Å². The largest absolute Gasteiger partial charge is 0.316 e. The van der Waals surface area contributed by atoms with Crippen LogP contribution in [0.25, 0.3) is 0 Å². The van der Waals surface area contributed by atoms with Crippen molar-refractivity contribution in [2.75, 3.05) is 32.0 Å². The number of nitrogens with one attached hydrogen (secondary N) is 2. The molecule has 2 rings (SSSR count). The highest BCUT2D eigenvalue weighted by Gasteiger charge is 2.20. The number of halogens is 1. The number of aromatic nitrogens is 1. The number of hydrogen-bond donors (Lipinski definition) is 2. The minimum atomic E-state index is 0. The smallest absolute Gasteiger partial charge is 0.240 e. The summed E-state index contributed by atoms with van der Waals surface area (Å²) < 4.78 is 0. The number of piperidine rings is 1. The Labute approximate surface area is 124 Å². The number of amides is 1. The van der Waals surface area contributed by atoms with Crippen molar-refractivity contribution in [3.63, 3.8) is 0 Å². The predicted molar refractivity (Wildman–Crippen MR) is 81.3 cm³/mol. The lowest BCUT2D eigenvalue weighted by Crippen LogP contribution is -2.46. The molecule has 7 heteroatoms. The maximum Gasteiger partial charge on any atom is 0.240 e. The van der Waals surface area contributed by atoms with Gasteiger partial charge in [-0.1, -0.05) is 0 Å². The molecule has 1 unspecified atom stereocenters. The molecule has 0 aromatic carbocycles. The molecular formula is C12H21ClN4OS. The van der Waals surface area contributed by atoms with E-state index in [1.54, 1.807) is 0 Å². The monoisotopic (exact) mass is 304 g/mol. The number of aryl methyl sites for hydroxylation is 1. The van der Waals surface area contributed by atoms with Gasteiger partial charge in [0.05, 0.1) is 12.2 Å². The summed E-state index contributed by atoms with van der Waals surface area (Å²) >= 11 is 1.47. The first-order chi connectivity index (χ1) is 8.67. The molecular weight excluding hydrogens is 284 g/mol. The molecule has 0 saturated carbocycles. The maximum atomic E-state index is 11.9. The fraction of sp³-hybridized carbons (Fsp3) is 0.667. The van der Waals surface area contributed by atoms with Crippen LogP contribution in [-0.4, -0.2) is 48.5 Å². The Bertz CT molecular complexity index is 412. The van der Waals surface area contributed by atoms with Gasteiger partial charge in [0.1, 0.15) is 0 Å². The Morgan fingerprint density at radius 2 is 2.42 bits per heavy atom. The minimum absolute atomic E-state index is 0. The second-order valence-corrected chi connectivity index (χ2v) is 5.56. The second-order valence-electron chi connectivity index (χ2n) is 4.71. The Balaban J connectivity index is 0.00000180. The highest BCUT2D eigenvalue weighted by atomic mass is 35.5. The standard InChI is InChI=1S/C12H20N4OS.ClH/c1-9-8-18-12(14-9)15-11(17)7-16-5-3-4-10(6-16)13-2;/h8,10,13H,3-7H2,1-2H3,(H,14,15,17);1H. The average molecular weight is 305 g/mol. The van der Waals surface area contributed by atoms with Gasteiger partial charge in [-0.25, -0.2) is 4.98 Å². The van der Waals surface area contributed by atoms with Gasteiger partial charge in [0.15, 0.2) is 5.13 Å². The van der Waals surface area contributed by atoms with Gasteiger partial charge < -0.3 is 10.6 Å². The molecule has 2 heterocycles. The van der Waals surface area contributed by atoms with Gasteiger partial charge in [-0.3, -0.25) is 9.69 Å². The Kier molecular flexibility index (Phi) is 6.71. The molecule has 1 aromatic rings. The lowest BCUT2D eigenvalue weighted by Gasteiger charge is -2.31. The van der Waals surface area contributed by atoms with Crippen molar-refractivity contribution in [3.05, 3.63) is 11.1 Å². The first-order valence-electron chi connectivity index (χ1n) is 6.29. The summed E-state index contributed by atoms with van der Waals surface area (Å²) in [5.74, 6) is 0.0288. The summed E-state index contributed by atoms with van der Waals surface area (Å²) in [6.45, 7) is 4.33. The van der Waals surface area contributed by atoms with Crippen molar-refractivity contribution in [1.82, 2.24) is 15.2 Å². The Morgan fingerprint density at radius 1 is 1.63 bits per heavy atom. The van der Waals surface area contributed by atoms with E-state index in [0.717, 1.165) is 25.2 Å². The lowest BCUT2D eigenvalue weighted by molar-refractivity contribution is -0.117. The normalized spacial score (nSPS) is 19.8. The van der Waals surface area contributed by atoms with Crippen LogP contribution in [0.5, 0.6) is 0 Å². The average Bonchev–Trinajstić information content (AvgIpc) is 2.74. The molecule has 19 heavy (non-hydrogen) atoms. The van der Waals surface area contributed by atoms with Crippen LogP contribution in [0, 0.1) is 6.92 Å². The van der Waals surface area contributed by atoms with Crippen molar-refractivity contribution in [2.45, 2.75) is 25.8 Å². The number of carbonyl (C=O) groups is 1. The molecule has 1 aliphatic rings. The third kappa shape index (κ3) is 5.06. The zero-order valence-electron chi connectivity index (χ0n) is 11.3. The van der Waals surface area contributed by atoms with E-state index in [2.05, 4.69) is 20.5 Å². The number of carbonyl (C=O) groups excluding carboxylic acids is 1. The molecule has 0 aliphatic carbocycles. The van der Waals surface area contributed by atoms with Crippen molar-refractivity contribution >= 4 is 34.8 Å². The summed E-state index contributed by atoms with van der Waals surface area (Å²) in [6, 6.07) is 0.508. The minimum Gasteiger partial charge on any atom is -0.316 e. The molecule has 1 amide bonds. The predicted octanol–water partition coefficient (Wildman–Crippen LogP) is 1.50. The molecule has 108 valence electrons. The van der Waals surface area contributed by atoms with Gasteiger partial charge >= 0.3 is 0 Å². The highest BCUT2D eigenvalue weighted by molar-refractivity contribution is 7.13. The summed E-state index contributed by atoms with van der Waals surface area (Å²) in [6.07, 6.45) is 2.34. The zero-order valence-corrected chi connectivity index (χ0v) is 12.9. The van der Waals surface area contributed by atoms with Gasteiger partial charge in [0.2, 0.25) is 5.91 Å². The summed E-state index contributed by atoms with van der Waals surface area (Å²) in [5.41, 5.74) is 0.948. The van der Waals surface area contributed by atoms with Crippen molar-refractivity contribution in [3.8, 4) is 0 Å². The van der Waals surface area contributed by atoms with Crippen LogP contribution in [0.2, 0.25) is 0 Å². The fourth-order valence-electron chi connectivity index (χ4n) is 2.21. The molecule has 0 bridgehead atoms. The van der Waals surface area contributed by atoms with Crippen LogP contribution < -0.4 is 10.6 Å². The third-order valence-electron chi connectivity index (χ3n) is 3.15. The van der Waals surface area contributed by atoms with Crippen molar-refractivity contribution in [1.29, 1.82) is 0 Å². The van der Waals surface area contributed by atoms with E-state index in [9.17, 15) is 4.79 Å². The third-order valence-corrected chi connectivity index (χ3v) is 4.02. The van der Waals surface area contributed by atoms with E-state index in [1.165, 1.54) is 17.8 Å². The topological polar surface area (TPSA) is 57.3 Å². The lowest BCUT2D eigenvalue weighted by atomic mass is 10.1. The first-order valence-corrected chi connectivity index (χ1v) is 7.17. The maximum absolute atomic E-state index is 11.9. The van der Waals surface area contributed by atoms with Crippen LogP contribution >= 0.6 is 23.7 Å². The van der Waals surface area contributed by atoms with E-state index in [4.69, 9.17) is 0 Å². The molecule has 2 N–H and O–H groups in total. The zero-order chi connectivity index (χ0) is 13.0. The number of likely N-dealkylation sites (tertiary alicyclic amines) is 1. The second kappa shape index (κ2) is 7.79. The van der Waals surface area contributed by atoms with Crippen LogP contribution in [0.15, 0.2) is 5.38 Å². The fourth-order valence-corrected chi connectivity index (χ4v) is 2.91. The number of rotatable bonds is 4. The van der Waals surface area contributed by atoms with Gasteiger partial charge in [0, 0.05) is 18.0 Å². The summed E-state index contributed by atoms with van der Waals surface area (Å²) in [7, 11) is 1.98. The van der Waals surface area contributed by atoms with E-state index in [-0.39, 0.29) is 18.3 Å². The van der Waals surface area contributed by atoms with Crippen molar-refractivity contribution < 1.29 is 4.79 Å². The van der Waals surface area contributed by atoms with E-state index in [1.807, 2.05) is 19.4 Å². The van der Waals surface area contributed by atoms with Crippen LogP contribution in [-0.2, 0) is 4.79 Å². The molecule has 1 aromatic heterocycles. The molecule has 1 saturated heterocycles. The molecule has 1 atom stereocenters. The summed E-state index contributed by atoms with van der Waals surface area (Å²) in [5, 5.41) is 8.76. The van der Waals surface area contributed by atoms with Crippen LogP contribution in [0.4, 0.5) is 5.13 Å². The molecule has 1 aliphatic heterocycles. The van der Waals surface area contributed by atoms with Crippen LogP contribution in [0.1, 0.15) is 18.5 Å². The number of likely N-dealkylation sites (N-methyl/N-ethyl adjacent to an activating group) is 1. The van der Waals surface area contributed by atoms with Gasteiger partial charge in [-0.2, -0.15) is 0 Å². The molecule has 0 spiro atoms. The SMILES string of the molecule is CNC1CCCN(CC(=O)Nc2nc(C)cs2)C1.Cl. The van der Waals surface area contributed by atoms with Gasteiger partial charge in [-0.15, -0.1) is 23.7 Å². The molecule has 1 fully saturated rings. The number of hydrogen-bond acceptors (Lipinski definition) is 5. The number of thiazole rings is 1. The highest BCUT2D eigenvalue weighted by Crippen LogP contribution is 2.15. The number of nitrogens with zero attached hydrogens (tertiary/aromatic N) is 2. The van der Waals surface area contributed by atoms with Gasteiger partial charge in [0.25, 0.3) is 0 Å². The number of anilines is 1. The van der Waals surface area contributed by atoms with E-state index >= 15 is 0 Å². The molecule has 5 nitrogen and oxygen atoms in total. The Morgan fingerprint density at radius 3 is 3.05 bits per heavy atom. The van der Waals surface area contributed by atoms with Gasteiger partial charge in [-0.05, 0) is 33.4 Å². The molecule has 0 radical (unpaired) electrons. The van der Waals surface area contributed by atoms with E-state index in [0.29, 0.717) is 17.7 Å². The van der Waals surface area contributed by atoms with Crippen LogP contribution in [0.3, 0.4) is 0 Å². The first kappa shape index (κ1) is 16.4. The summed E-state index contributed by atoms with van der Waals surface area (Å²) in [4.78, 5) is 18.3.